The van der Waals surface area contributed by atoms with Gasteiger partial charge in [0.15, 0.2) is 0 Å². The molecule has 0 spiro atoms. The van der Waals surface area contributed by atoms with Crippen LogP contribution < -0.4 is 16.6 Å². The molecule has 152 valence electrons. The largest absolute Gasteiger partial charge is 0.418 e. The van der Waals surface area contributed by atoms with E-state index in [1.165, 1.54) is 20.0 Å². The van der Waals surface area contributed by atoms with Crippen LogP contribution in [-0.4, -0.2) is 40.5 Å². The van der Waals surface area contributed by atoms with Crippen molar-refractivity contribution < 1.29 is 18.0 Å². The van der Waals surface area contributed by atoms with Crippen molar-refractivity contribution in [3.63, 3.8) is 0 Å². The van der Waals surface area contributed by atoms with E-state index in [4.69, 9.17) is 0 Å². The van der Waals surface area contributed by atoms with Gasteiger partial charge in [0, 0.05) is 14.1 Å². The monoisotopic (exact) mass is 410 g/mol. The number of hydrogen-bond donors (Lipinski definition) is 1. The smallest absolute Gasteiger partial charge is 0.288 e. The zero-order chi connectivity index (χ0) is 21.5. The Morgan fingerprint density at radius 1 is 1.14 bits per heavy atom. The zero-order valence-electron chi connectivity index (χ0n) is 15.2. The average Bonchev–Trinajstić information content (AvgIpc) is 3.03. The van der Waals surface area contributed by atoms with Crippen molar-refractivity contribution in [2.75, 3.05) is 5.32 Å². The molecule has 0 aliphatic heterocycles. The van der Waals surface area contributed by atoms with E-state index in [1.807, 2.05) is 0 Å². The average molecular weight is 410 g/mol. The molecule has 0 atom stereocenters. The number of nitrogens with one attached hydrogen (secondary N) is 1. The Labute approximate surface area is 159 Å². The van der Waals surface area contributed by atoms with E-state index in [0.717, 1.165) is 23.9 Å². The van der Waals surface area contributed by atoms with Crippen molar-refractivity contribution in [1.29, 1.82) is 0 Å². The second-order valence-corrected chi connectivity index (χ2v) is 5.99. The molecule has 0 radical (unpaired) electrons. The first kappa shape index (κ1) is 19.9. The summed E-state index contributed by atoms with van der Waals surface area (Å²) in [6.45, 7) is 1.43. The number of alkyl halides is 3. The molecule has 0 saturated heterocycles. The van der Waals surface area contributed by atoms with E-state index in [0.29, 0.717) is 4.68 Å². The number of rotatable bonds is 3. The lowest BCUT2D eigenvalue weighted by atomic mass is 10.1. The molecule has 0 aliphatic carbocycles. The van der Waals surface area contributed by atoms with E-state index in [-0.39, 0.29) is 16.1 Å². The molecule has 0 bridgehead atoms. The van der Waals surface area contributed by atoms with Crippen LogP contribution in [0, 0.1) is 6.92 Å². The number of carbonyl (C=O) groups is 1. The second-order valence-electron chi connectivity index (χ2n) is 5.99. The second kappa shape index (κ2) is 6.96. The van der Waals surface area contributed by atoms with Crippen LogP contribution >= 0.6 is 0 Å². The fraction of sp³-hybridized carbons (Fsp3) is 0.267. The maximum atomic E-state index is 13.5. The first-order chi connectivity index (χ1) is 13.5. The number of carbonyl (C=O) groups excluding carboxylic acids is 1. The number of amides is 1. The Morgan fingerprint density at radius 2 is 1.83 bits per heavy atom. The van der Waals surface area contributed by atoms with Crippen molar-refractivity contribution in [3.05, 3.63) is 55.9 Å². The van der Waals surface area contributed by atoms with Gasteiger partial charge in [0.2, 0.25) is 11.6 Å². The zero-order valence-corrected chi connectivity index (χ0v) is 15.2. The predicted octanol–water partition coefficient (Wildman–Crippen LogP) is 0.0342. The van der Waals surface area contributed by atoms with Crippen molar-refractivity contribution >= 4 is 11.9 Å². The first-order valence-electron chi connectivity index (χ1n) is 7.93. The van der Waals surface area contributed by atoms with E-state index in [2.05, 4.69) is 25.9 Å². The minimum atomic E-state index is -4.85. The highest BCUT2D eigenvalue weighted by molar-refractivity contribution is 6.01. The Morgan fingerprint density at radius 3 is 2.41 bits per heavy atom. The Hall–Kier alpha value is -3.84. The van der Waals surface area contributed by atoms with Crippen LogP contribution in [0.1, 0.15) is 21.6 Å². The fourth-order valence-electron chi connectivity index (χ4n) is 2.50. The third-order valence-electron chi connectivity index (χ3n) is 3.88. The molecule has 29 heavy (non-hydrogen) atoms. The lowest BCUT2D eigenvalue weighted by molar-refractivity contribution is -0.137. The van der Waals surface area contributed by atoms with Gasteiger partial charge in [0.25, 0.3) is 11.5 Å². The van der Waals surface area contributed by atoms with Gasteiger partial charge in [-0.3, -0.25) is 14.9 Å². The van der Waals surface area contributed by atoms with Crippen LogP contribution in [0.2, 0.25) is 0 Å². The number of aromatic nitrogens is 7. The summed E-state index contributed by atoms with van der Waals surface area (Å²) in [5.41, 5.74) is -4.94. The van der Waals surface area contributed by atoms with Gasteiger partial charge in [0.05, 0.1) is 11.3 Å². The van der Waals surface area contributed by atoms with Gasteiger partial charge in [-0.25, -0.2) is 18.7 Å². The van der Waals surface area contributed by atoms with E-state index in [1.54, 1.807) is 0 Å². The van der Waals surface area contributed by atoms with Crippen molar-refractivity contribution in [1.82, 2.24) is 34.6 Å². The van der Waals surface area contributed by atoms with Gasteiger partial charge in [-0.1, -0.05) is 16.7 Å². The predicted molar refractivity (Wildman–Crippen MR) is 91.6 cm³/mol. The van der Waals surface area contributed by atoms with Crippen LogP contribution in [0.5, 0.6) is 0 Å². The van der Waals surface area contributed by atoms with E-state index in [9.17, 15) is 27.6 Å². The molecule has 11 nitrogen and oxygen atoms in total. The number of hydrogen-bond acceptors (Lipinski definition) is 7. The molecule has 3 aromatic rings. The minimum absolute atomic E-state index is 0.136. The van der Waals surface area contributed by atoms with Crippen molar-refractivity contribution in [3.8, 4) is 5.69 Å². The van der Waals surface area contributed by atoms with Gasteiger partial charge >= 0.3 is 11.9 Å². The summed E-state index contributed by atoms with van der Waals surface area (Å²) in [4.78, 5) is 37.6. The summed E-state index contributed by atoms with van der Waals surface area (Å²) < 4.78 is 42.4. The van der Waals surface area contributed by atoms with E-state index >= 15 is 0 Å². The van der Waals surface area contributed by atoms with Crippen LogP contribution in [0.15, 0.2) is 27.8 Å². The molecule has 1 aromatic carbocycles. The topological polar surface area (TPSA) is 130 Å². The fourth-order valence-corrected chi connectivity index (χ4v) is 2.50. The molecule has 1 N–H and O–H groups in total. The first-order valence-corrected chi connectivity index (χ1v) is 7.93. The van der Waals surface area contributed by atoms with Crippen molar-refractivity contribution in [2.45, 2.75) is 13.1 Å². The van der Waals surface area contributed by atoms with Gasteiger partial charge in [0.1, 0.15) is 0 Å². The molecule has 1 amide bonds. The molecule has 0 aliphatic rings. The Kier molecular flexibility index (Phi) is 4.78. The lowest BCUT2D eigenvalue weighted by Crippen LogP contribution is -2.44. The van der Waals surface area contributed by atoms with Crippen LogP contribution in [0.25, 0.3) is 5.69 Å². The minimum Gasteiger partial charge on any atom is -0.288 e. The van der Waals surface area contributed by atoms with Crippen molar-refractivity contribution in [2.24, 2.45) is 14.1 Å². The normalized spacial score (nSPS) is 11.5. The summed E-state index contributed by atoms with van der Waals surface area (Å²) in [5.74, 6) is -1.24. The van der Waals surface area contributed by atoms with Gasteiger partial charge < -0.3 is 0 Å². The summed E-state index contributed by atoms with van der Waals surface area (Å²) in [7, 11) is 2.50. The number of halogens is 3. The molecular formula is C15H13F3N8O3. The van der Waals surface area contributed by atoms with Gasteiger partial charge in [-0.15, -0.1) is 0 Å². The third-order valence-corrected chi connectivity index (χ3v) is 3.88. The summed E-state index contributed by atoms with van der Waals surface area (Å²) >= 11 is 0. The number of benzene rings is 1. The van der Waals surface area contributed by atoms with Gasteiger partial charge in [-0.2, -0.15) is 18.3 Å². The highest BCUT2D eigenvalue weighted by atomic mass is 19.4. The standard InChI is InChI=1S/C15H13F3N8O3/c1-7-4-5-9(8(6-7)15(16,17)18)26-12(28)10(21-25(3)14(26)29)11(27)19-13-20-22-23-24(13)2/h4-6H,1-3H3,(H,19,20,23,27). The summed E-state index contributed by atoms with van der Waals surface area (Å²) in [5, 5.41) is 16.1. The molecule has 0 unspecified atom stereocenters. The maximum Gasteiger partial charge on any atom is 0.418 e. The number of tetrazole rings is 1. The Bertz CT molecular complexity index is 1220. The highest BCUT2D eigenvalue weighted by Crippen LogP contribution is 2.33. The van der Waals surface area contributed by atoms with Crippen LogP contribution in [0.4, 0.5) is 19.1 Å². The van der Waals surface area contributed by atoms with Crippen LogP contribution in [0.3, 0.4) is 0 Å². The molecule has 2 heterocycles. The number of aryl methyl sites for hydroxylation is 3. The lowest BCUT2D eigenvalue weighted by Gasteiger charge is -2.15. The van der Waals surface area contributed by atoms with Crippen LogP contribution in [-0.2, 0) is 20.3 Å². The molecule has 14 heteroatoms. The summed E-state index contributed by atoms with van der Waals surface area (Å²) in [6, 6.07) is 3.09. The van der Waals surface area contributed by atoms with E-state index < -0.39 is 40.3 Å². The molecule has 3 rings (SSSR count). The van der Waals surface area contributed by atoms with Gasteiger partial charge in [-0.05, 0) is 29.5 Å². The highest BCUT2D eigenvalue weighted by Gasteiger charge is 2.35. The third kappa shape index (κ3) is 3.63. The quantitative estimate of drug-likeness (QED) is 0.645. The number of nitrogens with zero attached hydrogens (tertiary/aromatic N) is 7. The Balaban J connectivity index is 2.23. The molecule has 0 saturated carbocycles. The molecule has 0 fully saturated rings. The summed E-state index contributed by atoms with van der Waals surface area (Å²) in [6.07, 6.45) is -4.85. The SMILES string of the molecule is Cc1ccc(-n2c(=O)c(C(=O)Nc3nnnn3C)nn(C)c2=O)c(C(F)(F)F)c1. The molecule has 2 aromatic heterocycles. The molecular weight excluding hydrogens is 397 g/mol. The maximum absolute atomic E-state index is 13.5. The number of anilines is 1.